The molecule has 6 heteroatoms. The van der Waals surface area contributed by atoms with Crippen LogP contribution in [0.25, 0.3) is 0 Å². The van der Waals surface area contributed by atoms with E-state index in [9.17, 15) is 0 Å². The van der Waals surface area contributed by atoms with Gasteiger partial charge in [0.2, 0.25) is 0 Å². The largest absolute Gasteiger partial charge is 0.308 e. The van der Waals surface area contributed by atoms with E-state index in [4.69, 9.17) is 11.6 Å². The average Bonchev–Trinajstić information content (AvgIpc) is 2.83. The summed E-state index contributed by atoms with van der Waals surface area (Å²) in [6.07, 6.45) is 2.80. The van der Waals surface area contributed by atoms with Gasteiger partial charge in [0, 0.05) is 16.0 Å². The van der Waals surface area contributed by atoms with Crippen LogP contribution in [0.5, 0.6) is 0 Å². The molecule has 2 aromatic rings. The molecule has 4 nitrogen and oxygen atoms in total. The molecule has 0 aliphatic rings. The van der Waals surface area contributed by atoms with E-state index in [-0.39, 0.29) is 6.04 Å². The topological polar surface area (TPSA) is 42.7 Å². The van der Waals surface area contributed by atoms with Gasteiger partial charge in [-0.3, -0.25) is 0 Å². The van der Waals surface area contributed by atoms with Gasteiger partial charge in [0.15, 0.2) is 0 Å². The number of nitrogens with one attached hydrogen (secondary N) is 1. The van der Waals surface area contributed by atoms with Crippen LogP contribution in [-0.4, -0.2) is 22.0 Å². The Kier molecular flexibility index (Phi) is 4.96. The Morgan fingerprint density at radius 2 is 2.26 bits per heavy atom. The maximum absolute atomic E-state index is 6.31. The van der Waals surface area contributed by atoms with E-state index < -0.39 is 0 Å². The highest BCUT2D eigenvalue weighted by Gasteiger charge is 2.20. The van der Waals surface area contributed by atoms with Gasteiger partial charge in [0.25, 0.3) is 0 Å². The van der Waals surface area contributed by atoms with Crippen molar-refractivity contribution in [1.82, 2.24) is 20.3 Å². The van der Waals surface area contributed by atoms with Gasteiger partial charge in [0.05, 0.1) is 17.9 Å². The molecule has 102 valence electrons. The van der Waals surface area contributed by atoms with E-state index in [0.29, 0.717) is 0 Å². The van der Waals surface area contributed by atoms with Gasteiger partial charge in [-0.1, -0.05) is 39.7 Å². The van der Waals surface area contributed by atoms with E-state index >= 15 is 0 Å². The van der Waals surface area contributed by atoms with Gasteiger partial charge in [-0.2, -0.15) is 0 Å². The van der Waals surface area contributed by atoms with Crippen molar-refractivity contribution < 1.29 is 0 Å². The standard InChI is InChI=1S/C13H16BrClN4/c1-3-6-19-12(8-17-18-19)13(16-2)10-7-9(14)4-5-11(10)15/h4-5,7-8,13,16H,3,6H2,1-2H3. The van der Waals surface area contributed by atoms with E-state index in [1.54, 1.807) is 6.20 Å². The first-order valence-electron chi connectivity index (χ1n) is 6.18. The zero-order valence-electron chi connectivity index (χ0n) is 10.9. The number of benzene rings is 1. The summed E-state index contributed by atoms with van der Waals surface area (Å²) in [6, 6.07) is 5.82. The normalized spacial score (nSPS) is 12.6. The second kappa shape index (κ2) is 6.50. The summed E-state index contributed by atoms with van der Waals surface area (Å²) in [4.78, 5) is 0. The van der Waals surface area contributed by atoms with Crippen LogP contribution in [0.2, 0.25) is 5.02 Å². The Hall–Kier alpha value is -0.910. The first kappa shape index (κ1) is 14.5. The maximum Gasteiger partial charge on any atom is 0.0802 e. The smallest absolute Gasteiger partial charge is 0.0802 e. The average molecular weight is 344 g/mol. The van der Waals surface area contributed by atoms with Crippen molar-refractivity contribution in [2.24, 2.45) is 0 Å². The number of halogens is 2. The fraction of sp³-hybridized carbons (Fsp3) is 0.385. The van der Waals surface area contributed by atoms with Crippen molar-refractivity contribution in [2.75, 3.05) is 7.05 Å². The molecule has 1 atom stereocenters. The second-order valence-corrected chi connectivity index (χ2v) is 5.59. The van der Waals surface area contributed by atoms with Gasteiger partial charge in [0.1, 0.15) is 0 Å². The van der Waals surface area contributed by atoms with Gasteiger partial charge in [-0.25, -0.2) is 4.68 Å². The number of hydrogen-bond acceptors (Lipinski definition) is 3. The molecular weight excluding hydrogens is 328 g/mol. The van der Waals surface area contributed by atoms with Crippen LogP contribution < -0.4 is 5.32 Å². The highest BCUT2D eigenvalue weighted by atomic mass is 79.9. The molecule has 0 saturated carbocycles. The van der Waals surface area contributed by atoms with Crippen LogP contribution in [0, 0.1) is 0 Å². The molecule has 1 aromatic carbocycles. The third kappa shape index (κ3) is 3.16. The second-order valence-electron chi connectivity index (χ2n) is 4.27. The lowest BCUT2D eigenvalue weighted by Crippen LogP contribution is -2.22. The van der Waals surface area contributed by atoms with E-state index in [1.807, 2.05) is 29.9 Å². The molecule has 0 fully saturated rings. The van der Waals surface area contributed by atoms with Crippen LogP contribution in [0.1, 0.15) is 30.6 Å². The van der Waals surface area contributed by atoms with Crippen molar-refractivity contribution in [3.8, 4) is 0 Å². The summed E-state index contributed by atoms with van der Waals surface area (Å²) < 4.78 is 2.92. The molecule has 0 saturated heterocycles. The zero-order chi connectivity index (χ0) is 13.8. The minimum absolute atomic E-state index is 0.0217. The van der Waals surface area contributed by atoms with Gasteiger partial charge in [-0.05, 0) is 37.2 Å². The molecule has 0 aliphatic carbocycles. The summed E-state index contributed by atoms with van der Waals surface area (Å²) in [5.41, 5.74) is 2.03. The predicted molar refractivity (Wildman–Crippen MR) is 80.4 cm³/mol. The SMILES string of the molecule is CCCn1nncc1C(NC)c1cc(Br)ccc1Cl. The Morgan fingerprint density at radius 1 is 1.47 bits per heavy atom. The van der Waals surface area contributed by atoms with Crippen LogP contribution in [0.15, 0.2) is 28.9 Å². The monoisotopic (exact) mass is 342 g/mol. The summed E-state index contributed by atoms with van der Waals surface area (Å²) in [7, 11) is 1.91. The fourth-order valence-corrected chi connectivity index (χ4v) is 2.68. The van der Waals surface area contributed by atoms with Crippen molar-refractivity contribution in [3.05, 3.63) is 45.1 Å². The molecule has 1 N–H and O–H groups in total. The minimum atomic E-state index is -0.0217. The fourth-order valence-electron chi connectivity index (χ4n) is 2.07. The number of hydrogen-bond donors (Lipinski definition) is 1. The lowest BCUT2D eigenvalue weighted by atomic mass is 10.0. The first-order chi connectivity index (χ1) is 9.17. The summed E-state index contributed by atoms with van der Waals surface area (Å²) in [5, 5.41) is 12.1. The van der Waals surface area contributed by atoms with Crippen molar-refractivity contribution >= 4 is 27.5 Å². The first-order valence-corrected chi connectivity index (χ1v) is 7.35. The third-order valence-corrected chi connectivity index (χ3v) is 3.77. The summed E-state index contributed by atoms with van der Waals surface area (Å²) >= 11 is 9.79. The quantitative estimate of drug-likeness (QED) is 0.904. The highest BCUT2D eigenvalue weighted by Crippen LogP contribution is 2.30. The predicted octanol–water partition coefficient (Wildman–Crippen LogP) is 3.41. The maximum atomic E-state index is 6.31. The van der Waals surface area contributed by atoms with Crippen molar-refractivity contribution in [3.63, 3.8) is 0 Å². The molecule has 0 spiro atoms. The number of aromatic nitrogens is 3. The van der Waals surface area contributed by atoms with Gasteiger partial charge in [-0.15, -0.1) is 5.10 Å². The molecule has 1 aromatic heterocycles. The lowest BCUT2D eigenvalue weighted by Gasteiger charge is -2.19. The molecule has 19 heavy (non-hydrogen) atoms. The summed E-state index contributed by atoms with van der Waals surface area (Å²) in [5.74, 6) is 0. The van der Waals surface area contributed by atoms with Crippen LogP contribution in [-0.2, 0) is 6.54 Å². The molecule has 2 rings (SSSR count). The molecule has 0 amide bonds. The lowest BCUT2D eigenvalue weighted by molar-refractivity contribution is 0.523. The van der Waals surface area contributed by atoms with Gasteiger partial charge >= 0.3 is 0 Å². The van der Waals surface area contributed by atoms with Crippen molar-refractivity contribution in [1.29, 1.82) is 0 Å². The van der Waals surface area contributed by atoms with Gasteiger partial charge < -0.3 is 5.32 Å². The van der Waals surface area contributed by atoms with Crippen LogP contribution >= 0.6 is 27.5 Å². The Morgan fingerprint density at radius 3 is 2.95 bits per heavy atom. The number of nitrogens with zero attached hydrogens (tertiary/aromatic N) is 3. The Bertz CT molecular complexity index is 555. The van der Waals surface area contributed by atoms with E-state index in [0.717, 1.165) is 33.7 Å². The molecular formula is C13H16BrClN4. The third-order valence-electron chi connectivity index (χ3n) is 2.94. The molecule has 0 aliphatic heterocycles. The zero-order valence-corrected chi connectivity index (χ0v) is 13.2. The van der Waals surface area contributed by atoms with Crippen molar-refractivity contribution in [2.45, 2.75) is 25.9 Å². The summed E-state index contributed by atoms with van der Waals surface area (Å²) in [6.45, 7) is 2.96. The number of aryl methyl sites for hydroxylation is 1. The van der Waals surface area contributed by atoms with E-state index in [1.165, 1.54) is 0 Å². The van der Waals surface area contributed by atoms with Crippen LogP contribution in [0.3, 0.4) is 0 Å². The molecule has 0 radical (unpaired) electrons. The molecule has 1 unspecified atom stereocenters. The Labute approximate surface area is 126 Å². The molecule has 0 bridgehead atoms. The molecule has 1 heterocycles. The minimum Gasteiger partial charge on any atom is -0.308 e. The van der Waals surface area contributed by atoms with E-state index in [2.05, 4.69) is 38.5 Å². The Balaban J connectivity index is 2.44. The number of rotatable bonds is 5. The highest BCUT2D eigenvalue weighted by molar-refractivity contribution is 9.10. The van der Waals surface area contributed by atoms with Crippen LogP contribution in [0.4, 0.5) is 0 Å².